The molecule has 0 aromatic rings. The van der Waals surface area contributed by atoms with E-state index in [1.807, 2.05) is 11.8 Å². The number of hydrogen-bond donors (Lipinski definition) is 1. The second-order valence-corrected chi connectivity index (χ2v) is 5.15. The number of rotatable bonds is 3. The minimum atomic E-state index is 0. The van der Waals surface area contributed by atoms with Gasteiger partial charge in [0.25, 0.3) is 0 Å². The van der Waals surface area contributed by atoms with Crippen molar-refractivity contribution in [3.63, 3.8) is 0 Å². The van der Waals surface area contributed by atoms with Gasteiger partial charge in [0, 0.05) is 18.3 Å². The number of halogens is 1. The number of thioether (sulfide) groups is 1. The second kappa shape index (κ2) is 8.41. The van der Waals surface area contributed by atoms with E-state index in [0.29, 0.717) is 11.2 Å². The first kappa shape index (κ1) is 16.3. The van der Waals surface area contributed by atoms with Gasteiger partial charge in [0.1, 0.15) is 0 Å². The van der Waals surface area contributed by atoms with Gasteiger partial charge >= 0.3 is 0 Å². The lowest BCUT2D eigenvalue weighted by Gasteiger charge is -2.31. The predicted molar refractivity (Wildman–Crippen MR) is 81.9 cm³/mol. The predicted octanol–water partition coefficient (Wildman–Crippen LogP) is 1.39. The van der Waals surface area contributed by atoms with E-state index < -0.39 is 0 Å². The highest BCUT2D eigenvalue weighted by Gasteiger charge is 2.17. The van der Waals surface area contributed by atoms with Crippen molar-refractivity contribution in [1.29, 1.82) is 0 Å². The topological polar surface area (TPSA) is 50.8 Å². The van der Waals surface area contributed by atoms with Gasteiger partial charge in [-0.05, 0) is 13.2 Å². The molecule has 0 bridgehead atoms. The van der Waals surface area contributed by atoms with Gasteiger partial charge in [0.15, 0.2) is 5.96 Å². The van der Waals surface area contributed by atoms with Gasteiger partial charge in [0.2, 0.25) is 0 Å². The zero-order chi connectivity index (χ0) is 11.3. The fraction of sp³-hybridized carbons (Fsp3) is 0.900. The average Bonchev–Trinajstić information content (AvgIpc) is 2.25. The third kappa shape index (κ3) is 5.58. The Kier molecular flexibility index (Phi) is 8.57. The molecule has 0 saturated carbocycles. The van der Waals surface area contributed by atoms with Crippen molar-refractivity contribution >= 4 is 41.7 Å². The summed E-state index contributed by atoms with van der Waals surface area (Å²) in [4.78, 5) is 6.50. The molecule has 0 aliphatic carbocycles. The molecule has 2 unspecified atom stereocenters. The SMILES string of the molecule is CSC(C)CN=C(N)N1CCOC(C)C1.I. The zero-order valence-electron chi connectivity index (χ0n) is 10.2. The van der Waals surface area contributed by atoms with Crippen LogP contribution in [0.2, 0.25) is 0 Å². The van der Waals surface area contributed by atoms with Crippen molar-refractivity contribution in [1.82, 2.24) is 4.90 Å². The van der Waals surface area contributed by atoms with Crippen LogP contribution in [0.5, 0.6) is 0 Å². The molecular formula is C10H22IN3OS. The highest BCUT2D eigenvalue weighted by Crippen LogP contribution is 2.06. The molecular weight excluding hydrogens is 337 g/mol. The van der Waals surface area contributed by atoms with Crippen LogP contribution in [-0.4, -0.2) is 54.7 Å². The Morgan fingerprint density at radius 1 is 1.69 bits per heavy atom. The van der Waals surface area contributed by atoms with Crippen molar-refractivity contribution in [2.24, 2.45) is 10.7 Å². The normalized spacial score (nSPS) is 23.8. The van der Waals surface area contributed by atoms with Crippen molar-refractivity contribution in [3.8, 4) is 0 Å². The van der Waals surface area contributed by atoms with Gasteiger partial charge in [-0.3, -0.25) is 4.99 Å². The Bertz CT molecular complexity index is 228. The first-order valence-corrected chi connectivity index (χ1v) is 6.61. The van der Waals surface area contributed by atoms with Gasteiger partial charge in [-0.1, -0.05) is 6.92 Å². The van der Waals surface area contributed by atoms with E-state index >= 15 is 0 Å². The maximum absolute atomic E-state index is 5.92. The van der Waals surface area contributed by atoms with Crippen LogP contribution >= 0.6 is 35.7 Å². The molecule has 2 atom stereocenters. The Balaban J connectivity index is 0.00000225. The summed E-state index contributed by atoms with van der Waals surface area (Å²) in [6.07, 6.45) is 2.35. The highest BCUT2D eigenvalue weighted by molar-refractivity contribution is 14.0. The summed E-state index contributed by atoms with van der Waals surface area (Å²) in [7, 11) is 0. The summed E-state index contributed by atoms with van der Waals surface area (Å²) in [6.45, 7) is 7.46. The first-order valence-electron chi connectivity index (χ1n) is 5.32. The number of ether oxygens (including phenoxy) is 1. The molecule has 1 aliphatic heterocycles. The number of nitrogens with two attached hydrogens (primary N) is 1. The van der Waals surface area contributed by atoms with Crippen molar-refractivity contribution in [3.05, 3.63) is 0 Å². The Morgan fingerprint density at radius 2 is 2.38 bits per heavy atom. The van der Waals surface area contributed by atoms with Gasteiger partial charge in [-0.15, -0.1) is 24.0 Å². The van der Waals surface area contributed by atoms with Crippen LogP contribution in [0.15, 0.2) is 4.99 Å². The third-order valence-corrected chi connectivity index (χ3v) is 3.43. The zero-order valence-corrected chi connectivity index (χ0v) is 13.3. The molecule has 16 heavy (non-hydrogen) atoms. The molecule has 0 amide bonds. The molecule has 0 aromatic carbocycles. The average molecular weight is 359 g/mol. The fourth-order valence-corrected chi connectivity index (χ4v) is 1.65. The maximum atomic E-state index is 5.92. The molecule has 96 valence electrons. The largest absolute Gasteiger partial charge is 0.375 e. The minimum Gasteiger partial charge on any atom is -0.375 e. The van der Waals surface area contributed by atoms with E-state index in [4.69, 9.17) is 10.5 Å². The molecule has 0 spiro atoms. The number of aliphatic imine (C=N–C) groups is 1. The van der Waals surface area contributed by atoms with Crippen LogP contribution in [0.4, 0.5) is 0 Å². The first-order chi connectivity index (χ1) is 7.13. The van der Waals surface area contributed by atoms with Crippen LogP contribution < -0.4 is 5.73 Å². The quantitative estimate of drug-likeness (QED) is 0.470. The van der Waals surface area contributed by atoms with Gasteiger partial charge in [0.05, 0.1) is 19.3 Å². The third-order valence-electron chi connectivity index (χ3n) is 2.48. The lowest BCUT2D eigenvalue weighted by atomic mass is 10.3. The van der Waals surface area contributed by atoms with Crippen LogP contribution in [0.25, 0.3) is 0 Å². The van der Waals surface area contributed by atoms with Crippen molar-refractivity contribution < 1.29 is 4.74 Å². The molecule has 2 N–H and O–H groups in total. The maximum Gasteiger partial charge on any atom is 0.191 e. The number of hydrogen-bond acceptors (Lipinski definition) is 3. The van der Waals surface area contributed by atoms with E-state index in [9.17, 15) is 0 Å². The fourth-order valence-electron chi connectivity index (χ4n) is 1.42. The number of morpholine rings is 1. The smallest absolute Gasteiger partial charge is 0.191 e. The molecule has 1 fully saturated rings. The molecule has 6 heteroatoms. The standard InChI is InChI=1S/C10H21N3OS.HI/c1-8-7-13(4-5-14-8)10(11)12-6-9(2)15-3;/h8-9H,4-7H2,1-3H3,(H2,11,12);1H. The Hall–Kier alpha value is 0.310. The molecule has 1 rings (SSSR count). The summed E-state index contributed by atoms with van der Waals surface area (Å²) >= 11 is 1.81. The Labute approximate surface area is 119 Å². The summed E-state index contributed by atoms with van der Waals surface area (Å²) in [6, 6.07) is 0. The van der Waals surface area contributed by atoms with Gasteiger partial charge < -0.3 is 15.4 Å². The van der Waals surface area contributed by atoms with Crippen LogP contribution in [0.3, 0.4) is 0 Å². The summed E-state index contributed by atoms with van der Waals surface area (Å²) in [5.74, 6) is 0.658. The molecule has 4 nitrogen and oxygen atoms in total. The summed E-state index contributed by atoms with van der Waals surface area (Å²) in [5, 5.41) is 0.530. The summed E-state index contributed by atoms with van der Waals surface area (Å²) < 4.78 is 5.45. The van der Waals surface area contributed by atoms with Crippen molar-refractivity contribution in [2.45, 2.75) is 25.2 Å². The van der Waals surface area contributed by atoms with Gasteiger partial charge in [-0.2, -0.15) is 11.8 Å². The van der Waals surface area contributed by atoms with E-state index in [2.05, 4.69) is 30.0 Å². The Morgan fingerprint density at radius 3 is 2.94 bits per heavy atom. The van der Waals surface area contributed by atoms with Crippen LogP contribution in [-0.2, 0) is 4.74 Å². The van der Waals surface area contributed by atoms with Crippen molar-refractivity contribution in [2.75, 3.05) is 32.5 Å². The van der Waals surface area contributed by atoms with Crippen LogP contribution in [0.1, 0.15) is 13.8 Å². The molecule has 0 radical (unpaired) electrons. The van der Waals surface area contributed by atoms with E-state index in [1.54, 1.807) is 0 Å². The number of guanidine groups is 1. The van der Waals surface area contributed by atoms with Gasteiger partial charge in [-0.25, -0.2) is 0 Å². The number of nitrogens with zero attached hydrogens (tertiary/aromatic N) is 2. The van der Waals surface area contributed by atoms with Crippen LogP contribution in [0, 0.1) is 0 Å². The minimum absolute atomic E-state index is 0. The lowest BCUT2D eigenvalue weighted by Crippen LogP contribution is -2.48. The molecule has 1 aliphatic rings. The molecule has 1 saturated heterocycles. The molecule has 1 heterocycles. The second-order valence-electron chi connectivity index (χ2n) is 3.87. The monoisotopic (exact) mass is 359 g/mol. The highest BCUT2D eigenvalue weighted by atomic mass is 127. The molecule has 0 aromatic heterocycles. The lowest BCUT2D eigenvalue weighted by molar-refractivity contribution is 0.00530. The van der Waals surface area contributed by atoms with E-state index in [-0.39, 0.29) is 30.1 Å². The van der Waals surface area contributed by atoms with E-state index in [0.717, 1.165) is 26.2 Å². The van der Waals surface area contributed by atoms with E-state index in [1.165, 1.54) is 0 Å². The summed E-state index contributed by atoms with van der Waals surface area (Å²) in [5.41, 5.74) is 5.92.